The van der Waals surface area contributed by atoms with Gasteiger partial charge in [-0.15, -0.1) is 0 Å². The third-order valence-corrected chi connectivity index (χ3v) is 4.87. The highest BCUT2D eigenvalue weighted by atomic mass is 79.9. The minimum Gasteiger partial charge on any atom is -0.374 e. The highest BCUT2D eigenvalue weighted by Crippen LogP contribution is 2.22. The van der Waals surface area contributed by atoms with Crippen LogP contribution in [-0.4, -0.2) is 49.8 Å². The van der Waals surface area contributed by atoms with Gasteiger partial charge in [0, 0.05) is 29.6 Å². The van der Waals surface area contributed by atoms with Crippen molar-refractivity contribution in [2.24, 2.45) is 0 Å². The lowest BCUT2D eigenvalue weighted by Crippen LogP contribution is -2.53. The molecule has 1 aliphatic heterocycles. The SMILES string of the molecule is CNC(Cc1ccc(F)cc1Br)C1CN(C(C)C)CCO1. The maximum atomic E-state index is 13.2. The van der Waals surface area contributed by atoms with Crippen molar-refractivity contribution in [3.8, 4) is 0 Å². The maximum absolute atomic E-state index is 13.2. The van der Waals surface area contributed by atoms with E-state index in [1.807, 2.05) is 13.1 Å². The first-order valence-corrected chi connectivity index (χ1v) is 8.27. The standard InChI is InChI=1S/C16H24BrFN2O/c1-11(2)20-6-7-21-16(10-20)15(19-3)8-12-4-5-13(18)9-14(12)17/h4-5,9,11,15-16,19H,6-8,10H2,1-3H3. The first-order chi connectivity index (χ1) is 10.0. The molecule has 1 aromatic carbocycles. The summed E-state index contributed by atoms with van der Waals surface area (Å²) in [6, 6.07) is 5.62. The van der Waals surface area contributed by atoms with Crippen molar-refractivity contribution < 1.29 is 9.13 Å². The number of hydrogen-bond acceptors (Lipinski definition) is 3. The molecular weight excluding hydrogens is 335 g/mol. The van der Waals surface area contributed by atoms with Crippen LogP contribution < -0.4 is 5.32 Å². The molecule has 0 aliphatic carbocycles. The van der Waals surface area contributed by atoms with Crippen molar-refractivity contribution in [1.82, 2.24) is 10.2 Å². The van der Waals surface area contributed by atoms with Gasteiger partial charge in [-0.05, 0) is 45.0 Å². The molecule has 1 fully saturated rings. The molecule has 0 amide bonds. The molecule has 0 spiro atoms. The van der Waals surface area contributed by atoms with Gasteiger partial charge in [-0.25, -0.2) is 4.39 Å². The average molecular weight is 359 g/mol. The Bertz CT molecular complexity index is 470. The molecule has 1 heterocycles. The summed E-state index contributed by atoms with van der Waals surface area (Å²) in [6.45, 7) is 7.12. The van der Waals surface area contributed by atoms with E-state index in [9.17, 15) is 4.39 Å². The van der Waals surface area contributed by atoms with Gasteiger partial charge in [0.1, 0.15) is 5.82 Å². The molecule has 0 saturated carbocycles. The average Bonchev–Trinajstić information content (AvgIpc) is 2.46. The maximum Gasteiger partial charge on any atom is 0.124 e. The first kappa shape index (κ1) is 16.9. The number of nitrogens with one attached hydrogen (secondary N) is 1. The van der Waals surface area contributed by atoms with Crippen LogP contribution in [0.25, 0.3) is 0 Å². The van der Waals surface area contributed by atoms with Gasteiger partial charge in [0.05, 0.1) is 12.7 Å². The molecule has 1 aromatic rings. The molecule has 118 valence electrons. The van der Waals surface area contributed by atoms with Gasteiger partial charge < -0.3 is 10.1 Å². The van der Waals surface area contributed by atoms with E-state index in [1.54, 1.807) is 0 Å². The van der Waals surface area contributed by atoms with Crippen LogP contribution in [0.2, 0.25) is 0 Å². The Morgan fingerprint density at radius 3 is 2.86 bits per heavy atom. The van der Waals surface area contributed by atoms with E-state index in [0.717, 1.165) is 36.2 Å². The van der Waals surface area contributed by atoms with Crippen molar-refractivity contribution in [2.75, 3.05) is 26.7 Å². The highest BCUT2D eigenvalue weighted by molar-refractivity contribution is 9.10. The molecule has 5 heteroatoms. The largest absolute Gasteiger partial charge is 0.374 e. The second-order valence-corrected chi connectivity index (χ2v) is 6.69. The predicted octanol–water partition coefficient (Wildman–Crippen LogP) is 2.83. The summed E-state index contributed by atoms with van der Waals surface area (Å²) in [5, 5.41) is 3.36. The lowest BCUT2D eigenvalue weighted by molar-refractivity contribution is -0.0542. The molecule has 2 rings (SSSR count). The fraction of sp³-hybridized carbons (Fsp3) is 0.625. The van der Waals surface area contributed by atoms with Gasteiger partial charge in [-0.2, -0.15) is 0 Å². The van der Waals surface area contributed by atoms with Crippen molar-refractivity contribution in [1.29, 1.82) is 0 Å². The molecule has 0 bridgehead atoms. The molecule has 0 aromatic heterocycles. The zero-order chi connectivity index (χ0) is 15.4. The van der Waals surface area contributed by atoms with E-state index in [2.05, 4.69) is 40.0 Å². The number of halogens is 2. The molecule has 0 radical (unpaired) electrons. The number of hydrogen-bond donors (Lipinski definition) is 1. The number of likely N-dealkylation sites (N-methyl/N-ethyl adjacent to an activating group) is 1. The van der Waals surface area contributed by atoms with Gasteiger partial charge in [0.2, 0.25) is 0 Å². The van der Waals surface area contributed by atoms with Crippen LogP contribution in [-0.2, 0) is 11.2 Å². The number of ether oxygens (including phenoxy) is 1. The number of morpholine rings is 1. The minimum atomic E-state index is -0.216. The topological polar surface area (TPSA) is 24.5 Å². The number of benzene rings is 1. The van der Waals surface area contributed by atoms with Crippen molar-refractivity contribution in [3.63, 3.8) is 0 Å². The molecule has 3 nitrogen and oxygen atoms in total. The van der Waals surface area contributed by atoms with E-state index in [-0.39, 0.29) is 18.0 Å². The lowest BCUT2D eigenvalue weighted by atomic mass is 9.99. The van der Waals surface area contributed by atoms with Crippen LogP contribution in [0.15, 0.2) is 22.7 Å². The fourth-order valence-corrected chi connectivity index (χ4v) is 3.27. The minimum absolute atomic E-state index is 0.156. The molecular formula is C16H24BrFN2O. The summed E-state index contributed by atoms with van der Waals surface area (Å²) in [6.07, 6.45) is 0.969. The first-order valence-electron chi connectivity index (χ1n) is 7.48. The zero-order valence-corrected chi connectivity index (χ0v) is 14.5. The van der Waals surface area contributed by atoms with Crippen LogP contribution in [0.1, 0.15) is 19.4 Å². The third kappa shape index (κ3) is 4.49. The van der Waals surface area contributed by atoms with E-state index in [0.29, 0.717) is 6.04 Å². The van der Waals surface area contributed by atoms with E-state index >= 15 is 0 Å². The molecule has 1 N–H and O–H groups in total. The van der Waals surface area contributed by atoms with Crippen LogP contribution >= 0.6 is 15.9 Å². The Morgan fingerprint density at radius 2 is 2.24 bits per heavy atom. The number of nitrogens with zero attached hydrogens (tertiary/aromatic N) is 1. The molecule has 2 atom stereocenters. The lowest BCUT2D eigenvalue weighted by Gasteiger charge is -2.39. The van der Waals surface area contributed by atoms with Crippen LogP contribution in [0, 0.1) is 5.82 Å². The van der Waals surface area contributed by atoms with Crippen molar-refractivity contribution in [3.05, 3.63) is 34.1 Å². The molecule has 2 unspecified atom stereocenters. The fourth-order valence-electron chi connectivity index (χ4n) is 2.75. The Morgan fingerprint density at radius 1 is 1.48 bits per heavy atom. The second-order valence-electron chi connectivity index (χ2n) is 5.83. The quantitative estimate of drug-likeness (QED) is 0.875. The molecule has 1 aliphatic rings. The highest BCUT2D eigenvalue weighted by Gasteiger charge is 2.28. The Hall–Kier alpha value is -0.490. The molecule has 21 heavy (non-hydrogen) atoms. The van der Waals surface area contributed by atoms with Gasteiger partial charge >= 0.3 is 0 Å². The zero-order valence-electron chi connectivity index (χ0n) is 12.9. The summed E-state index contributed by atoms with van der Waals surface area (Å²) >= 11 is 3.44. The second kappa shape index (κ2) is 7.68. The van der Waals surface area contributed by atoms with Crippen LogP contribution in [0.4, 0.5) is 4.39 Å². The van der Waals surface area contributed by atoms with E-state index in [1.165, 1.54) is 12.1 Å². The van der Waals surface area contributed by atoms with Crippen molar-refractivity contribution in [2.45, 2.75) is 38.5 Å². The normalized spacial score (nSPS) is 21.7. The summed E-state index contributed by atoms with van der Waals surface area (Å²) < 4.78 is 20.0. The van der Waals surface area contributed by atoms with E-state index < -0.39 is 0 Å². The third-order valence-electron chi connectivity index (χ3n) is 4.13. The van der Waals surface area contributed by atoms with Gasteiger partial charge in [0.15, 0.2) is 0 Å². The summed E-state index contributed by atoms with van der Waals surface area (Å²) in [7, 11) is 1.96. The Balaban J connectivity index is 2.05. The van der Waals surface area contributed by atoms with Crippen LogP contribution in [0.3, 0.4) is 0 Å². The van der Waals surface area contributed by atoms with Gasteiger partial charge in [-0.1, -0.05) is 22.0 Å². The van der Waals surface area contributed by atoms with Gasteiger partial charge in [0.25, 0.3) is 0 Å². The Kier molecular flexibility index (Phi) is 6.17. The summed E-state index contributed by atoms with van der Waals surface area (Å²) in [5.74, 6) is -0.216. The van der Waals surface area contributed by atoms with Crippen molar-refractivity contribution >= 4 is 15.9 Å². The Labute approximate surface area is 135 Å². The number of rotatable bonds is 5. The van der Waals surface area contributed by atoms with Crippen LogP contribution in [0.5, 0.6) is 0 Å². The predicted molar refractivity (Wildman–Crippen MR) is 87.1 cm³/mol. The molecule has 1 saturated heterocycles. The monoisotopic (exact) mass is 358 g/mol. The smallest absolute Gasteiger partial charge is 0.124 e. The van der Waals surface area contributed by atoms with E-state index in [4.69, 9.17) is 4.74 Å². The summed E-state index contributed by atoms with van der Waals surface area (Å²) in [5.41, 5.74) is 1.10. The summed E-state index contributed by atoms with van der Waals surface area (Å²) in [4.78, 5) is 2.44. The van der Waals surface area contributed by atoms with Gasteiger partial charge in [-0.3, -0.25) is 4.90 Å².